The summed E-state index contributed by atoms with van der Waals surface area (Å²) in [5.41, 5.74) is 0. The van der Waals surface area contributed by atoms with Crippen LogP contribution in [0.5, 0.6) is 0 Å². The first-order valence-corrected chi connectivity index (χ1v) is 5.75. The largest absolute Gasteiger partial charge is 0.466 e. The summed E-state index contributed by atoms with van der Waals surface area (Å²) >= 11 is 1.31. The molecule has 1 rings (SSSR count). The molecule has 0 saturated heterocycles. The molecular weight excluding hydrogens is 242 g/mol. The van der Waals surface area contributed by atoms with Gasteiger partial charge in [-0.3, -0.25) is 10.1 Å². The van der Waals surface area contributed by atoms with Crippen LogP contribution in [-0.4, -0.2) is 29.2 Å². The highest BCUT2D eigenvalue weighted by Crippen LogP contribution is 2.22. The summed E-state index contributed by atoms with van der Waals surface area (Å²) in [6, 6.07) is 0. The number of rotatable bonds is 4. The molecule has 0 fully saturated rings. The molecule has 0 radical (unpaired) electrons. The summed E-state index contributed by atoms with van der Waals surface area (Å²) in [7, 11) is 1.24. The number of methoxy groups -OCH3 is 1. The number of esters is 1. The van der Waals surface area contributed by atoms with Gasteiger partial charge in [0.25, 0.3) is 0 Å². The van der Waals surface area contributed by atoms with E-state index in [9.17, 15) is 9.59 Å². The Morgan fingerprint density at radius 1 is 1.35 bits per heavy atom. The monoisotopic (exact) mass is 255 g/mol. The number of carbonyl (C=O) groups excluding carboxylic acids is 2. The van der Waals surface area contributed by atoms with Crippen LogP contribution in [0.1, 0.15) is 24.8 Å². The minimum absolute atomic E-state index is 0.267. The zero-order valence-electron chi connectivity index (χ0n) is 9.76. The molecule has 0 bridgehead atoms. The Balaban J connectivity index is 2.56. The molecule has 0 spiro atoms. The van der Waals surface area contributed by atoms with E-state index in [1.54, 1.807) is 0 Å². The highest BCUT2D eigenvalue weighted by molar-refractivity contribution is 7.15. The fraction of sp³-hybridized carbons (Fsp3) is 0.400. The van der Waals surface area contributed by atoms with Gasteiger partial charge in [0.05, 0.1) is 7.11 Å². The smallest absolute Gasteiger partial charge is 0.330 e. The highest BCUT2D eigenvalue weighted by Gasteiger charge is 2.09. The van der Waals surface area contributed by atoms with Crippen molar-refractivity contribution in [3.63, 3.8) is 0 Å². The maximum atomic E-state index is 11.3. The fourth-order valence-electron chi connectivity index (χ4n) is 0.877. The highest BCUT2D eigenvalue weighted by atomic mass is 32.1. The van der Waals surface area contributed by atoms with Gasteiger partial charge in [-0.2, -0.15) is 0 Å². The van der Waals surface area contributed by atoms with Crippen LogP contribution in [0.2, 0.25) is 0 Å². The molecule has 0 atom stereocenters. The number of nitrogens with one attached hydrogen (secondary N) is 1. The van der Waals surface area contributed by atoms with Crippen LogP contribution < -0.4 is 5.32 Å². The second-order valence-electron chi connectivity index (χ2n) is 3.45. The predicted molar refractivity (Wildman–Crippen MR) is 63.8 cm³/mol. The third-order valence-corrected chi connectivity index (χ3v) is 2.88. The molecule has 0 saturated carbocycles. The maximum absolute atomic E-state index is 11.3. The minimum Gasteiger partial charge on any atom is -0.466 e. The van der Waals surface area contributed by atoms with Crippen LogP contribution in [-0.2, 0) is 14.3 Å². The van der Waals surface area contributed by atoms with E-state index in [1.807, 2.05) is 13.8 Å². The predicted octanol–water partition coefficient (Wildman–Crippen LogP) is 1.33. The lowest BCUT2D eigenvalue weighted by atomic mass is 10.2. The fourth-order valence-corrected chi connectivity index (χ4v) is 1.63. The molecule has 1 aromatic heterocycles. The minimum atomic E-state index is -0.583. The molecule has 1 aromatic rings. The Kier molecular flexibility index (Phi) is 4.77. The van der Waals surface area contributed by atoms with Crippen molar-refractivity contribution in [1.29, 1.82) is 0 Å². The number of nitrogens with zero attached hydrogens (tertiary/aromatic N) is 2. The van der Waals surface area contributed by atoms with Crippen LogP contribution in [0.4, 0.5) is 5.13 Å². The van der Waals surface area contributed by atoms with Gasteiger partial charge in [-0.1, -0.05) is 25.2 Å². The van der Waals surface area contributed by atoms with Crippen molar-refractivity contribution in [2.24, 2.45) is 0 Å². The molecule has 1 N–H and O–H groups in total. The molecule has 0 unspecified atom stereocenters. The summed E-state index contributed by atoms with van der Waals surface area (Å²) in [6.45, 7) is 3.98. The molecule has 17 heavy (non-hydrogen) atoms. The first kappa shape index (κ1) is 13.3. The van der Waals surface area contributed by atoms with Crippen molar-refractivity contribution in [3.05, 3.63) is 17.2 Å². The molecular formula is C10H13N3O3S. The molecule has 1 heterocycles. The van der Waals surface area contributed by atoms with Crippen molar-refractivity contribution in [3.8, 4) is 0 Å². The van der Waals surface area contributed by atoms with Crippen LogP contribution in [0.25, 0.3) is 0 Å². The maximum Gasteiger partial charge on any atom is 0.330 e. The van der Waals surface area contributed by atoms with Gasteiger partial charge < -0.3 is 4.74 Å². The zero-order valence-corrected chi connectivity index (χ0v) is 10.6. The number of hydrogen-bond donors (Lipinski definition) is 1. The number of hydrogen-bond acceptors (Lipinski definition) is 6. The van der Waals surface area contributed by atoms with Crippen LogP contribution in [0.3, 0.4) is 0 Å². The zero-order chi connectivity index (χ0) is 12.8. The first-order chi connectivity index (χ1) is 8.02. The van der Waals surface area contributed by atoms with Gasteiger partial charge >= 0.3 is 5.97 Å². The van der Waals surface area contributed by atoms with Crippen LogP contribution >= 0.6 is 11.3 Å². The van der Waals surface area contributed by atoms with Crippen molar-refractivity contribution in [1.82, 2.24) is 10.2 Å². The second kappa shape index (κ2) is 6.09. The topological polar surface area (TPSA) is 81.2 Å². The summed E-state index contributed by atoms with van der Waals surface area (Å²) in [5, 5.41) is 11.5. The number of ether oxygens (including phenoxy) is 1. The van der Waals surface area contributed by atoms with Crippen molar-refractivity contribution < 1.29 is 14.3 Å². The van der Waals surface area contributed by atoms with Gasteiger partial charge in [-0.15, -0.1) is 10.2 Å². The normalized spacial score (nSPS) is 10.8. The molecule has 92 valence electrons. The van der Waals surface area contributed by atoms with E-state index < -0.39 is 11.9 Å². The van der Waals surface area contributed by atoms with Crippen molar-refractivity contribution in [2.45, 2.75) is 19.8 Å². The van der Waals surface area contributed by atoms with Crippen molar-refractivity contribution >= 4 is 28.3 Å². The molecule has 7 heteroatoms. The Hall–Kier alpha value is -1.76. The first-order valence-electron chi connectivity index (χ1n) is 4.93. The van der Waals surface area contributed by atoms with E-state index in [1.165, 1.54) is 18.4 Å². The number of anilines is 1. The van der Waals surface area contributed by atoms with Gasteiger partial charge in [0.2, 0.25) is 11.0 Å². The number of amides is 1. The van der Waals surface area contributed by atoms with Gasteiger partial charge in [-0.05, 0) is 0 Å². The summed E-state index contributed by atoms with van der Waals surface area (Å²) in [6.07, 6.45) is 2.13. The van der Waals surface area contributed by atoms with E-state index in [0.29, 0.717) is 5.13 Å². The Morgan fingerprint density at radius 2 is 2.06 bits per heavy atom. The molecule has 6 nitrogen and oxygen atoms in total. The lowest BCUT2D eigenvalue weighted by Crippen LogP contribution is -2.08. The van der Waals surface area contributed by atoms with Crippen LogP contribution in [0, 0.1) is 0 Å². The summed E-state index contributed by atoms with van der Waals surface area (Å²) < 4.78 is 4.36. The van der Waals surface area contributed by atoms with Gasteiger partial charge in [-0.25, -0.2) is 4.79 Å². The Morgan fingerprint density at radius 3 is 2.59 bits per heavy atom. The molecule has 0 aliphatic rings. The third kappa shape index (κ3) is 4.31. The number of aromatic nitrogens is 2. The lowest BCUT2D eigenvalue weighted by Gasteiger charge is -1.95. The SMILES string of the molecule is COC(=O)/C=C/C(=O)Nc1nnc(C(C)C)s1. The quantitative estimate of drug-likeness (QED) is 0.648. The van der Waals surface area contributed by atoms with Gasteiger partial charge in [0.1, 0.15) is 5.01 Å². The third-order valence-electron chi connectivity index (χ3n) is 1.74. The van der Waals surface area contributed by atoms with E-state index >= 15 is 0 Å². The summed E-state index contributed by atoms with van der Waals surface area (Å²) in [4.78, 5) is 22.1. The lowest BCUT2D eigenvalue weighted by molar-refractivity contribution is -0.135. The second-order valence-corrected chi connectivity index (χ2v) is 4.45. The average Bonchev–Trinajstić information content (AvgIpc) is 2.74. The molecule has 0 aromatic carbocycles. The van der Waals surface area contributed by atoms with E-state index in [-0.39, 0.29) is 5.92 Å². The molecule has 0 aliphatic heterocycles. The van der Waals surface area contributed by atoms with Gasteiger partial charge in [0, 0.05) is 18.1 Å². The standard InChI is InChI=1S/C10H13N3O3S/c1-6(2)9-12-13-10(17-9)11-7(14)4-5-8(15)16-3/h4-6H,1-3H3,(H,11,13,14)/b5-4+. The molecule has 1 amide bonds. The van der Waals surface area contributed by atoms with E-state index in [2.05, 4.69) is 20.3 Å². The Labute approximate surface area is 103 Å². The molecule has 0 aliphatic carbocycles. The number of carbonyl (C=O) groups is 2. The van der Waals surface area contributed by atoms with Crippen LogP contribution in [0.15, 0.2) is 12.2 Å². The Bertz CT molecular complexity index is 440. The van der Waals surface area contributed by atoms with E-state index in [0.717, 1.165) is 17.2 Å². The van der Waals surface area contributed by atoms with Gasteiger partial charge in [0.15, 0.2) is 0 Å². The average molecular weight is 255 g/mol. The van der Waals surface area contributed by atoms with E-state index in [4.69, 9.17) is 0 Å². The summed E-state index contributed by atoms with van der Waals surface area (Å²) in [5.74, 6) is -0.758. The van der Waals surface area contributed by atoms with Crippen molar-refractivity contribution in [2.75, 3.05) is 12.4 Å².